The molecule has 5 nitrogen and oxygen atoms in total. The van der Waals surface area contributed by atoms with Gasteiger partial charge in [0.25, 0.3) is 0 Å². The number of hydrogen-bond acceptors (Lipinski definition) is 3. The van der Waals surface area contributed by atoms with Crippen molar-refractivity contribution in [1.29, 1.82) is 0 Å². The van der Waals surface area contributed by atoms with E-state index < -0.39 is 5.97 Å². The number of amides is 1. The van der Waals surface area contributed by atoms with Crippen molar-refractivity contribution in [3.8, 4) is 0 Å². The molecule has 1 rings (SSSR count). The van der Waals surface area contributed by atoms with Gasteiger partial charge in [-0.15, -0.1) is 0 Å². The Kier molecular flexibility index (Phi) is 4.55. The van der Waals surface area contributed by atoms with Crippen LogP contribution in [0.1, 0.15) is 19.8 Å². The van der Waals surface area contributed by atoms with E-state index in [4.69, 9.17) is 9.84 Å². The summed E-state index contributed by atoms with van der Waals surface area (Å²) in [5.74, 6) is -1.02. The van der Waals surface area contributed by atoms with Crippen molar-refractivity contribution < 1.29 is 19.4 Å². The predicted octanol–water partition coefficient (Wildman–Crippen LogP) is 0.346. The van der Waals surface area contributed by atoms with Gasteiger partial charge in [-0.2, -0.15) is 0 Å². The van der Waals surface area contributed by atoms with Gasteiger partial charge in [0.1, 0.15) is 0 Å². The fourth-order valence-electron chi connectivity index (χ4n) is 1.56. The average Bonchev–Trinajstić information content (AvgIpc) is 2.26. The van der Waals surface area contributed by atoms with Gasteiger partial charge in [0.2, 0.25) is 5.91 Å². The number of carboxylic acids is 1. The Morgan fingerprint density at radius 1 is 1.40 bits per heavy atom. The number of ether oxygens (including phenoxy) is 1. The van der Waals surface area contributed by atoms with E-state index in [0.717, 1.165) is 0 Å². The van der Waals surface area contributed by atoms with Crippen LogP contribution in [0.5, 0.6) is 0 Å². The van der Waals surface area contributed by atoms with E-state index in [-0.39, 0.29) is 18.2 Å². The molecule has 1 aliphatic heterocycles. The minimum absolute atomic E-state index is 0.0413. The second-order valence-electron chi connectivity index (χ2n) is 3.77. The van der Waals surface area contributed by atoms with Gasteiger partial charge < -0.3 is 14.7 Å². The molecule has 1 amide bonds. The van der Waals surface area contributed by atoms with Crippen molar-refractivity contribution in [2.24, 2.45) is 5.92 Å². The topological polar surface area (TPSA) is 66.8 Å². The second-order valence-corrected chi connectivity index (χ2v) is 3.77. The number of carbonyl (C=O) groups is 2. The highest BCUT2D eigenvalue weighted by atomic mass is 16.5. The van der Waals surface area contributed by atoms with Crippen LogP contribution < -0.4 is 0 Å². The van der Waals surface area contributed by atoms with E-state index in [2.05, 4.69) is 0 Å². The molecule has 0 radical (unpaired) electrons. The molecule has 1 N–H and O–H groups in total. The Bertz CT molecular complexity index is 236. The largest absolute Gasteiger partial charge is 0.481 e. The molecule has 0 aromatic carbocycles. The average molecular weight is 215 g/mol. The van der Waals surface area contributed by atoms with Crippen LogP contribution in [0.15, 0.2) is 0 Å². The molecule has 1 unspecified atom stereocenters. The third-order valence-electron chi connectivity index (χ3n) is 2.54. The van der Waals surface area contributed by atoms with Gasteiger partial charge in [-0.3, -0.25) is 9.59 Å². The van der Waals surface area contributed by atoms with Crippen LogP contribution in [0.4, 0.5) is 0 Å². The Morgan fingerprint density at radius 2 is 2.00 bits per heavy atom. The van der Waals surface area contributed by atoms with Crippen LogP contribution in [-0.4, -0.2) is 48.2 Å². The monoisotopic (exact) mass is 215 g/mol. The maximum Gasteiger partial charge on any atom is 0.303 e. The van der Waals surface area contributed by atoms with Crippen LogP contribution in [0.3, 0.4) is 0 Å². The number of hydrogen-bond donors (Lipinski definition) is 1. The van der Waals surface area contributed by atoms with E-state index in [1.165, 1.54) is 0 Å². The zero-order chi connectivity index (χ0) is 11.3. The van der Waals surface area contributed by atoms with Crippen molar-refractivity contribution in [2.75, 3.05) is 26.3 Å². The molecule has 0 bridgehead atoms. The number of nitrogens with zero attached hydrogens (tertiary/aromatic N) is 1. The van der Waals surface area contributed by atoms with Gasteiger partial charge in [0.05, 0.1) is 13.2 Å². The van der Waals surface area contributed by atoms with E-state index in [0.29, 0.717) is 32.7 Å². The van der Waals surface area contributed by atoms with Gasteiger partial charge in [-0.25, -0.2) is 0 Å². The van der Waals surface area contributed by atoms with Crippen LogP contribution in [0.2, 0.25) is 0 Å². The summed E-state index contributed by atoms with van der Waals surface area (Å²) in [6, 6.07) is 0. The molecule has 1 aliphatic rings. The molecule has 15 heavy (non-hydrogen) atoms. The predicted molar refractivity (Wildman–Crippen MR) is 53.4 cm³/mol. The zero-order valence-corrected chi connectivity index (χ0v) is 8.94. The van der Waals surface area contributed by atoms with Crippen molar-refractivity contribution in [1.82, 2.24) is 4.90 Å². The zero-order valence-electron chi connectivity index (χ0n) is 8.94. The highest BCUT2D eigenvalue weighted by Gasteiger charge is 2.22. The molecule has 86 valence electrons. The SMILES string of the molecule is CC(CCC(=O)O)C(=O)N1CCOCC1. The lowest BCUT2D eigenvalue weighted by Crippen LogP contribution is -2.43. The summed E-state index contributed by atoms with van der Waals surface area (Å²) in [4.78, 5) is 23.9. The molecule has 1 atom stereocenters. The van der Waals surface area contributed by atoms with E-state index >= 15 is 0 Å². The quantitative estimate of drug-likeness (QED) is 0.734. The summed E-state index contributed by atoms with van der Waals surface area (Å²) in [6.45, 7) is 4.18. The fourth-order valence-corrected chi connectivity index (χ4v) is 1.56. The van der Waals surface area contributed by atoms with Crippen LogP contribution in [0.25, 0.3) is 0 Å². The Labute approximate surface area is 89.0 Å². The third kappa shape index (κ3) is 3.87. The molecule has 5 heteroatoms. The number of rotatable bonds is 4. The van der Waals surface area contributed by atoms with Crippen LogP contribution in [0, 0.1) is 5.92 Å². The lowest BCUT2D eigenvalue weighted by atomic mass is 10.0. The minimum atomic E-state index is -0.850. The molecule has 0 aromatic heterocycles. The van der Waals surface area contributed by atoms with Gasteiger partial charge in [-0.1, -0.05) is 6.92 Å². The third-order valence-corrected chi connectivity index (χ3v) is 2.54. The first-order valence-corrected chi connectivity index (χ1v) is 5.19. The second kappa shape index (κ2) is 5.70. The highest BCUT2D eigenvalue weighted by Crippen LogP contribution is 2.11. The van der Waals surface area contributed by atoms with Crippen molar-refractivity contribution in [3.05, 3.63) is 0 Å². The summed E-state index contributed by atoms with van der Waals surface area (Å²) in [5.41, 5.74) is 0. The van der Waals surface area contributed by atoms with Gasteiger partial charge in [0.15, 0.2) is 0 Å². The number of carboxylic acid groups (broad SMARTS) is 1. The summed E-state index contributed by atoms with van der Waals surface area (Å²) in [6.07, 6.45) is 0.461. The van der Waals surface area contributed by atoms with E-state index in [1.54, 1.807) is 11.8 Å². The maximum atomic E-state index is 11.8. The fraction of sp³-hybridized carbons (Fsp3) is 0.800. The minimum Gasteiger partial charge on any atom is -0.481 e. The first kappa shape index (κ1) is 12.0. The standard InChI is InChI=1S/C10H17NO4/c1-8(2-3-9(12)13)10(14)11-4-6-15-7-5-11/h8H,2-7H2,1H3,(H,12,13). The molecule has 0 spiro atoms. The summed E-state index contributed by atoms with van der Waals surface area (Å²) >= 11 is 0. The van der Waals surface area contributed by atoms with Gasteiger partial charge in [-0.05, 0) is 6.42 Å². The van der Waals surface area contributed by atoms with Gasteiger partial charge in [0, 0.05) is 25.4 Å². The summed E-state index contributed by atoms with van der Waals surface area (Å²) in [7, 11) is 0. The lowest BCUT2D eigenvalue weighted by Gasteiger charge is -2.29. The normalized spacial score (nSPS) is 18.6. The first-order valence-electron chi connectivity index (χ1n) is 5.19. The molecule has 1 fully saturated rings. The molecular weight excluding hydrogens is 198 g/mol. The summed E-state index contributed by atoms with van der Waals surface area (Å²) < 4.78 is 5.14. The molecule has 0 aliphatic carbocycles. The molecule has 1 saturated heterocycles. The Balaban J connectivity index is 2.33. The molecular formula is C10H17NO4. The number of morpholine rings is 1. The number of carbonyl (C=O) groups excluding carboxylic acids is 1. The smallest absolute Gasteiger partial charge is 0.303 e. The van der Waals surface area contributed by atoms with Crippen LogP contribution >= 0.6 is 0 Å². The molecule has 1 heterocycles. The van der Waals surface area contributed by atoms with Crippen LogP contribution in [-0.2, 0) is 14.3 Å². The molecule has 0 aromatic rings. The van der Waals surface area contributed by atoms with Crippen molar-refractivity contribution in [3.63, 3.8) is 0 Å². The summed E-state index contributed by atoms with van der Waals surface area (Å²) in [5, 5.41) is 8.51. The lowest BCUT2D eigenvalue weighted by molar-refractivity contribution is -0.140. The Morgan fingerprint density at radius 3 is 2.53 bits per heavy atom. The molecule has 0 saturated carbocycles. The van der Waals surface area contributed by atoms with Gasteiger partial charge >= 0.3 is 5.97 Å². The Hall–Kier alpha value is -1.10. The first-order chi connectivity index (χ1) is 7.11. The van der Waals surface area contributed by atoms with Crippen molar-refractivity contribution >= 4 is 11.9 Å². The maximum absolute atomic E-state index is 11.8. The van der Waals surface area contributed by atoms with Crippen molar-refractivity contribution in [2.45, 2.75) is 19.8 Å². The van der Waals surface area contributed by atoms with E-state index in [1.807, 2.05) is 0 Å². The van der Waals surface area contributed by atoms with E-state index in [9.17, 15) is 9.59 Å². The highest BCUT2D eigenvalue weighted by molar-refractivity contribution is 5.79. The number of aliphatic carboxylic acids is 1.